The molecule has 0 aliphatic carbocycles. The second-order valence-electron chi connectivity index (χ2n) is 4.94. The Morgan fingerprint density at radius 3 is 2.75 bits per heavy atom. The number of nitrogens with zero attached hydrogens (tertiary/aromatic N) is 3. The Hall–Kier alpha value is -2.15. The number of nitrogen functional groups attached to an aromatic ring is 1. The van der Waals surface area contributed by atoms with Crippen molar-refractivity contribution in [2.45, 2.75) is 6.42 Å². The summed E-state index contributed by atoms with van der Waals surface area (Å²) in [6, 6.07) is 4.34. The number of benzene rings is 1. The summed E-state index contributed by atoms with van der Waals surface area (Å²) in [5, 5.41) is 10.9. The molecule has 1 aromatic carbocycles. The molecular weight excluding hydrogens is 260 g/mol. The van der Waals surface area contributed by atoms with E-state index in [9.17, 15) is 14.9 Å². The number of rotatable bonds is 2. The maximum absolute atomic E-state index is 12.5. The molecule has 0 aromatic heterocycles. The van der Waals surface area contributed by atoms with E-state index in [1.165, 1.54) is 12.1 Å². The molecule has 20 heavy (non-hydrogen) atoms. The van der Waals surface area contributed by atoms with E-state index in [0.717, 1.165) is 19.5 Å². The largest absolute Gasteiger partial charge is 0.393 e. The first-order valence-electron chi connectivity index (χ1n) is 6.51. The van der Waals surface area contributed by atoms with Crippen LogP contribution in [0.4, 0.5) is 11.4 Å². The van der Waals surface area contributed by atoms with E-state index in [1.54, 1.807) is 11.0 Å². The lowest BCUT2D eigenvalue weighted by atomic mass is 10.1. The minimum absolute atomic E-state index is 0.0555. The van der Waals surface area contributed by atoms with Crippen molar-refractivity contribution in [1.29, 1.82) is 0 Å². The second kappa shape index (κ2) is 5.87. The molecular formula is C13H18N4O3. The average molecular weight is 278 g/mol. The van der Waals surface area contributed by atoms with Crippen molar-refractivity contribution in [1.82, 2.24) is 9.80 Å². The summed E-state index contributed by atoms with van der Waals surface area (Å²) in [4.78, 5) is 26.6. The molecule has 108 valence electrons. The Morgan fingerprint density at radius 2 is 2.05 bits per heavy atom. The summed E-state index contributed by atoms with van der Waals surface area (Å²) >= 11 is 0. The van der Waals surface area contributed by atoms with Gasteiger partial charge in [0.25, 0.3) is 11.6 Å². The number of carbonyl (C=O) groups excluding carboxylic acids is 1. The molecule has 1 aromatic rings. The zero-order chi connectivity index (χ0) is 14.7. The van der Waals surface area contributed by atoms with Gasteiger partial charge in [-0.05, 0) is 26.1 Å². The van der Waals surface area contributed by atoms with E-state index in [4.69, 9.17) is 5.73 Å². The molecule has 1 saturated heterocycles. The Labute approximate surface area is 117 Å². The van der Waals surface area contributed by atoms with Gasteiger partial charge in [-0.3, -0.25) is 14.9 Å². The number of nitro groups is 1. The van der Waals surface area contributed by atoms with Crippen molar-refractivity contribution in [3.63, 3.8) is 0 Å². The first-order chi connectivity index (χ1) is 9.50. The van der Waals surface area contributed by atoms with Crippen LogP contribution in [0, 0.1) is 10.1 Å². The summed E-state index contributed by atoms with van der Waals surface area (Å²) in [5.41, 5.74) is 5.70. The van der Waals surface area contributed by atoms with Gasteiger partial charge in [-0.15, -0.1) is 0 Å². The number of amides is 1. The molecule has 0 radical (unpaired) electrons. The maximum Gasteiger partial charge on any atom is 0.292 e. The molecule has 1 heterocycles. The van der Waals surface area contributed by atoms with Crippen LogP contribution in [0.2, 0.25) is 0 Å². The summed E-state index contributed by atoms with van der Waals surface area (Å²) in [6.45, 7) is 2.98. The molecule has 1 fully saturated rings. The fraction of sp³-hybridized carbons (Fsp3) is 0.462. The number of nitro benzene ring substituents is 1. The zero-order valence-corrected chi connectivity index (χ0v) is 11.4. The molecule has 1 amide bonds. The number of para-hydroxylation sites is 1. The monoisotopic (exact) mass is 278 g/mol. The highest BCUT2D eigenvalue weighted by atomic mass is 16.6. The van der Waals surface area contributed by atoms with Crippen molar-refractivity contribution in [2.24, 2.45) is 0 Å². The molecule has 2 rings (SSSR count). The van der Waals surface area contributed by atoms with Gasteiger partial charge in [-0.1, -0.05) is 6.07 Å². The molecule has 0 spiro atoms. The number of carbonyl (C=O) groups is 1. The first-order valence-corrected chi connectivity index (χ1v) is 6.51. The van der Waals surface area contributed by atoms with Crippen LogP contribution in [0.15, 0.2) is 18.2 Å². The van der Waals surface area contributed by atoms with Crippen molar-refractivity contribution >= 4 is 17.3 Å². The average Bonchev–Trinajstić information content (AvgIpc) is 2.63. The Morgan fingerprint density at radius 1 is 1.30 bits per heavy atom. The second-order valence-corrected chi connectivity index (χ2v) is 4.94. The van der Waals surface area contributed by atoms with E-state index in [1.807, 2.05) is 7.05 Å². The summed E-state index contributed by atoms with van der Waals surface area (Å²) in [7, 11) is 2.01. The van der Waals surface area contributed by atoms with E-state index < -0.39 is 4.92 Å². The van der Waals surface area contributed by atoms with Crippen LogP contribution >= 0.6 is 0 Å². The molecule has 7 nitrogen and oxygen atoms in total. The van der Waals surface area contributed by atoms with Crippen molar-refractivity contribution in [3.8, 4) is 0 Å². The lowest BCUT2D eigenvalue weighted by Gasteiger charge is -2.21. The van der Waals surface area contributed by atoms with E-state index in [0.29, 0.717) is 13.1 Å². The minimum Gasteiger partial charge on any atom is -0.393 e. The molecule has 2 N–H and O–H groups in total. The van der Waals surface area contributed by atoms with Crippen molar-refractivity contribution < 1.29 is 9.72 Å². The molecule has 0 saturated carbocycles. The van der Waals surface area contributed by atoms with Gasteiger partial charge in [0.15, 0.2) is 0 Å². The molecule has 0 unspecified atom stereocenters. The lowest BCUT2D eigenvalue weighted by Crippen LogP contribution is -2.34. The highest BCUT2D eigenvalue weighted by Crippen LogP contribution is 2.26. The van der Waals surface area contributed by atoms with Crippen LogP contribution in [0.3, 0.4) is 0 Å². The number of anilines is 1. The fourth-order valence-corrected chi connectivity index (χ4v) is 2.32. The predicted molar refractivity (Wildman–Crippen MR) is 75.5 cm³/mol. The van der Waals surface area contributed by atoms with Crippen molar-refractivity contribution in [3.05, 3.63) is 33.9 Å². The van der Waals surface area contributed by atoms with Gasteiger partial charge in [0.05, 0.1) is 10.5 Å². The Kier molecular flexibility index (Phi) is 4.19. The molecule has 1 aliphatic rings. The van der Waals surface area contributed by atoms with E-state index >= 15 is 0 Å². The molecule has 7 heteroatoms. The first kappa shape index (κ1) is 14.3. The number of nitrogens with two attached hydrogens (primary N) is 1. The van der Waals surface area contributed by atoms with E-state index in [-0.39, 0.29) is 22.8 Å². The third-order valence-corrected chi connectivity index (χ3v) is 3.52. The number of hydrogen-bond donors (Lipinski definition) is 1. The van der Waals surface area contributed by atoms with Gasteiger partial charge >= 0.3 is 0 Å². The van der Waals surface area contributed by atoms with Gasteiger partial charge in [0.2, 0.25) is 0 Å². The standard InChI is InChI=1S/C13H18N4O3/c1-15-6-3-7-16(9-8-15)13(18)10-4-2-5-11(12(10)14)17(19)20/h2,4-5H,3,6-9,14H2,1H3. The Bertz CT molecular complexity index is 532. The highest BCUT2D eigenvalue weighted by molar-refractivity contribution is 6.01. The topological polar surface area (TPSA) is 92.7 Å². The van der Waals surface area contributed by atoms with E-state index in [2.05, 4.69) is 4.90 Å². The predicted octanol–water partition coefficient (Wildman–Crippen LogP) is 0.955. The smallest absolute Gasteiger partial charge is 0.292 e. The lowest BCUT2D eigenvalue weighted by molar-refractivity contribution is -0.383. The van der Waals surface area contributed by atoms with Crippen molar-refractivity contribution in [2.75, 3.05) is 39.0 Å². The number of hydrogen-bond acceptors (Lipinski definition) is 5. The van der Waals surface area contributed by atoms with Gasteiger partial charge in [-0.25, -0.2) is 0 Å². The quantitative estimate of drug-likeness (QED) is 0.494. The molecule has 0 atom stereocenters. The zero-order valence-electron chi connectivity index (χ0n) is 11.4. The van der Waals surface area contributed by atoms with Gasteiger partial charge in [0.1, 0.15) is 5.69 Å². The maximum atomic E-state index is 12.5. The van der Waals surface area contributed by atoms with Crippen LogP contribution < -0.4 is 5.73 Å². The fourth-order valence-electron chi connectivity index (χ4n) is 2.32. The summed E-state index contributed by atoms with van der Waals surface area (Å²) < 4.78 is 0. The Balaban J connectivity index is 2.25. The summed E-state index contributed by atoms with van der Waals surface area (Å²) in [6.07, 6.45) is 0.886. The minimum atomic E-state index is -0.567. The van der Waals surface area contributed by atoms with Crippen LogP contribution in [0.5, 0.6) is 0 Å². The van der Waals surface area contributed by atoms with Crippen LogP contribution in [-0.2, 0) is 0 Å². The normalized spacial score (nSPS) is 16.8. The van der Waals surface area contributed by atoms with Gasteiger partial charge in [-0.2, -0.15) is 0 Å². The molecule has 1 aliphatic heterocycles. The van der Waals surface area contributed by atoms with Gasteiger partial charge in [0, 0.05) is 25.7 Å². The van der Waals surface area contributed by atoms with Crippen LogP contribution in [0.25, 0.3) is 0 Å². The summed E-state index contributed by atoms with van der Waals surface area (Å²) in [5.74, 6) is -0.235. The number of likely N-dealkylation sites (N-methyl/N-ethyl adjacent to an activating group) is 1. The third kappa shape index (κ3) is 2.88. The third-order valence-electron chi connectivity index (χ3n) is 3.52. The van der Waals surface area contributed by atoms with Crippen LogP contribution in [0.1, 0.15) is 16.8 Å². The highest BCUT2D eigenvalue weighted by Gasteiger charge is 2.24. The SMILES string of the molecule is CN1CCCN(C(=O)c2cccc([N+](=O)[O-])c2N)CC1. The van der Waals surface area contributed by atoms with Gasteiger partial charge < -0.3 is 15.5 Å². The molecule has 0 bridgehead atoms. The van der Waals surface area contributed by atoms with Crippen LogP contribution in [-0.4, -0.2) is 53.9 Å².